The fourth-order valence-corrected chi connectivity index (χ4v) is 3.81. The number of aryl methyl sites for hydroxylation is 1. The van der Waals surface area contributed by atoms with Crippen LogP contribution in [-0.2, 0) is 4.79 Å². The predicted octanol–water partition coefficient (Wildman–Crippen LogP) is 3.77. The predicted molar refractivity (Wildman–Crippen MR) is 113 cm³/mol. The smallest absolute Gasteiger partial charge is 0.336 e. The number of rotatable bonds is 4. The Kier molecular flexibility index (Phi) is 5.16. The van der Waals surface area contributed by atoms with Gasteiger partial charge in [-0.1, -0.05) is 0 Å². The average molecular weight is 390 g/mol. The van der Waals surface area contributed by atoms with E-state index in [0.29, 0.717) is 16.8 Å². The van der Waals surface area contributed by atoms with Gasteiger partial charge in [0.25, 0.3) is 0 Å². The lowest BCUT2D eigenvalue weighted by molar-refractivity contribution is -0.120. The van der Waals surface area contributed by atoms with Crippen molar-refractivity contribution in [1.29, 1.82) is 0 Å². The number of hydrogen-bond donors (Lipinski definition) is 1. The zero-order valence-corrected chi connectivity index (χ0v) is 16.2. The van der Waals surface area contributed by atoms with Gasteiger partial charge in [-0.2, -0.15) is 0 Å². The third kappa shape index (κ3) is 4.06. The summed E-state index contributed by atoms with van der Waals surface area (Å²) >= 11 is 0. The normalized spacial score (nSPS) is 14.7. The standard InChI is InChI=1S/C23H22N2O4/c1-15-12-22(27)29-21-13-18(4-7-20(15)21)24-23(28)17-8-10-25(11-9-17)19-5-2-16(14-26)3-6-19/h2-7,12-14,17H,8-11H2,1H3,(H,24,28). The first-order valence-electron chi connectivity index (χ1n) is 9.69. The molecule has 4 rings (SSSR count). The van der Waals surface area contributed by atoms with Gasteiger partial charge in [-0.15, -0.1) is 0 Å². The first kappa shape index (κ1) is 18.9. The van der Waals surface area contributed by atoms with E-state index in [4.69, 9.17) is 4.42 Å². The summed E-state index contributed by atoms with van der Waals surface area (Å²) in [4.78, 5) is 37.3. The molecule has 2 aromatic carbocycles. The summed E-state index contributed by atoms with van der Waals surface area (Å²) in [5.74, 6) is -0.0870. The van der Waals surface area contributed by atoms with Crippen molar-refractivity contribution in [1.82, 2.24) is 0 Å². The van der Waals surface area contributed by atoms with E-state index >= 15 is 0 Å². The summed E-state index contributed by atoms with van der Waals surface area (Å²) < 4.78 is 5.25. The monoisotopic (exact) mass is 390 g/mol. The van der Waals surface area contributed by atoms with Crippen molar-refractivity contribution in [3.8, 4) is 0 Å². The molecule has 6 heteroatoms. The highest BCUT2D eigenvalue weighted by atomic mass is 16.4. The van der Waals surface area contributed by atoms with E-state index in [1.165, 1.54) is 6.07 Å². The maximum absolute atomic E-state index is 12.7. The Hall–Kier alpha value is -3.41. The third-order valence-electron chi connectivity index (χ3n) is 5.48. The van der Waals surface area contributed by atoms with Crippen LogP contribution in [-0.4, -0.2) is 25.3 Å². The molecule has 0 aliphatic carbocycles. The van der Waals surface area contributed by atoms with Crippen molar-refractivity contribution in [2.45, 2.75) is 19.8 Å². The number of aldehydes is 1. The van der Waals surface area contributed by atoms with E-state index in [-0.39, 0.29) is 11.8 Å². The molecule has 0 saturated carbocycles. The van der Waals surface area contributed by atoms with Crippen LogP contribution in [0.2, 0.25) is 0 Å². The highest BCUT2D eigenvalue weighted by molar-refractivity contribution is 5.95. The molecule has 3 aromatic rings. The second-order valence-corrected chi connectivity index (χ2v) is 7.42. The number of amides is 1. The maximum Gasteiger partial charge on any atom is 0.336 e. The lowest BCUT2D eigenvalue weighted by Crippen LogP contribution is -2.38. The number of piperidine rings is 1. The molecule has 1 aliphatic heterocycles. The number of fused-ring (bicyclic) bond motifs is 1. The van der Waals surface area contributed by atoms with Crippen molar-refractivity contribution in [2.24, 2.45) is 5.92 Å². The van der Waals surface area contributed by atoms with Gasteiger partial charge in [0.2, 0.25) is 5.91 Å². The number of benzene rings is 2. The van der Waals surface area contributed by atoms with Crippen LogP contribution in [0.5, 0.6) is 0 Å². The van der Waals surface area contributed by atoms with Crippen molar-refractivity contribution in [3.63, 3.8) is 0 Å². The summed E-state index contributed by atoms with van der Waals surface area (Å²) in [5.41, 5.74) is 3.28. The number of nitrogens with one attached hydrogen (secondary N) is 1. The van der Waals surface area contributed by atoms with Crippen LogP contribution in [0.25, 0.3) is 11.0 Å². The van der Waals surface area contributed by atoms with Crippen molar-refractivity contribution in [3.05, 3.63) is 70.1 Å². The van der Waals surface area contributed by atoms with Gasteiger partial charge in [0.15, 0.2) is 0 Å². The van der Waals surface area contributed by atoms with Gasteiger partial charge in [-0.25, -0.2) is 4.79 Å². The molecular weight excluding hydrogens is 368 g/mol. The van der Waals surface area contributed by atoms with E-state index in [2.05, 4.69) is 10.2 Å². The molecule has 1 N–H and O–H groups in total. The van der Waals surface area contributed by atoms with Gasteiger partial charge in [-0.05, 0) is 61.7 Å². The van der Waals surface area contributed by atoms with E-state index in [0.717, 1.165) is 48.9 Å². The highest BCUT2D eigenvalue weighted by Crippen LogP contribution is 2.26. The van der Waals surface area contributed by atoms with Crippen LogP contribution >= 0.6 is 0 Å². The molecule has 1 amide bonds. The van der Waals surface area contributed by atoms with Crippen molar-refractivity contribution < 1.29 is 14.0 Å². The summed E-state index contributed by atoms with van der Waals surface area (Å²) in [6.07, 6.45) is 2.34. The molecule has 0 spiro atoms. The molecular formula is C23H22N2O4. The molecule has 0 unspecified atom stereocenters. The molecule has 1 saturated heterocycles. The molecule has 6 nitrogen and oxygen atoms in total. The van der Waals surface area contributed by atoms with Crippen LogP contribution < -0.4 is 15.8 Å². The van der Waals surface area contributed by atoms with Crippen LogP contribution in [0.3, 0.4) is 0 Å². The maximum atomic E-state index is 12.7. The Morgan fingerprint density at radius 1 is 1.10 bits per heavy atom. The average Bonchev–Trinajstić information content (AvgIpc) is 2.73. The Balaban J connectivity index is 1.40. The summed E-state index contributed by atoms with van der Waals surface area (Å²) in [5, 5.41) is 3.81. The topological polar surface area (TPSA) is 79.6 Å². The zero-order chi connectivity index (χ0) is 20.4. The summed E-state index contributed by atoms with van der Waals surface area (Å²) in [6, 6.07) is 14.3. The van der Waals surface area contributed by atoms with E-state index in [1.807, 2.05) is 31.2 Å². The second kappa shape index (κ2) is 7.91. The molecule has 1 fully saturated rings. The quantitative estimate of drug-likeness (QED) is 0.542. The van der Waals surface area contributed by atoms with Gasteiger partial charge in [-0.3, -0.25) is 9.59 Å². The van der Waals surface area contributed by atoms with Crippen LogP contribution in [0, 0.1) is 12.8 Å². The summed E-state index contributed by atoms with van der Waals surface area (Å²) in [6.45, 7) is 3.42. The van der Waals surface area contributed by atoms with E-state index in [9.17, 15) is 14.4 Å². The molecule has 29 heavy (non-hydrogen) atoms. The van der Waals surface area contributed by atoms with Gasteiger partial charge in [0.1, 0.15) is 11.9 Å². The van der Waals surface area contributed by atoms with Gasteiger partial charge >= 0.3 is 5.63 Å². The van der Waals surface area contributed by atoms with E-state index in [1.54, 1.807) is 18.2 Å². The number of carbonyl (C=O) groups excluding carboxylic acids is 2. The van der Waals surface area contributed by atoms with Gasteiger partial charge < -0.3 is 14.6 Å². The fraction of sp³-hybridized carbons (Fsp3) is 0.261. The van der Waals surface area contributed by atoms with Crippen molar-refractivity contribution in [2.75, 3.05) is 23.3 Å². The number of nitrogens with zero attached hydrogens (tertiary/aromatic N) is 1. The Morgan fingerprint density at radius 2 is 1.83 bits per heavy atom. The van der Waals surface area contributed by atoms with Crippen molar-refractivity contribution >= 4 is 34.5 Å². The molecule has 0 atom stereocenters. The number of hydrogen-bond acceptors (Lipinski definition) is 5. The highest BCUT2D eigenvalue weighted by Gasteiger charge is 2.25. The fourth-order valence-electron chi connectivity index (χ4n) is 3.81. The Morgan fingerprint density at radius 3 is 2.52 bits per heavy atom. The van der Waals surface area contributed by atoms with Crippen LogP contribution in [0.4, 0.5) is 11.4 Å². The SMILES string of the molecule is Cc1cc(=O)oc2cc(NC(=O)C3CCN(c4ccc(C=O)cc4)CC3)ccc12. The molecule has 0 bridgehead atoms. The molecule has 0 radical (unpaired) electrons. The minimum absolute atomic E-state index is 0.0182. The molecule has 1 aliphatic rings. The van der Waals surface area contributed by atoms with Gasteiger partial charge in [0.05, 0.1) is 0 Å². The molecule has 148 valence electrons. The minimum Gasteiger partial charge on any atom is -0.423 e. The minimum atomic E-state index is -0.396. The Labute approximate surface area is 168 Å². The first-order valence-corrected chi connectivity index (χ1v) is 9.69. The molecule has 2 heterocycles. The number of carbonyl (C=O) groups is 2. The number of anilines is 2. The zero-order valence-electron chi connectivity index (χ0n) is 16.2. The lowest BCUT2D eigenvalue weighted by atomic mass is 9.95. The van der Waals surface area contributed by atoms with Crippen LogP contribution in [0.1, 0.15) is 28.8 Å². The van der Waals surface area contributed by atoms with Gasteiger partial charge in [0, 0.05) is 53.5 Å². The Bertz CT molecular complexity index is 1110. The second-order valence-electron chi connectivity index (χ2n) is 7.42. The lowest BCUT2D eigenvalue weighted by Gasteiger charge is -2.33. The van der Waals surface area contributed by atoms with E-state index < -0.39 is 5.63 Å². The molecule has 1 aromatic heterocycles. The third-order valence-corrected chi connectivity index (χ3v) is 5.48. The van der Waals surface area contributed by atoms with Crippen LogP contribution in [0.15, 0.2) is 57.7 Å². The summed E-state index contributed by atoms with van der Waals surface area (Å²) in [7, 11) is 0. The largest absolute Gasteiger partial charge is 0.423 e. The first-order chi connectivity index (χ1) is 14.0.